The predicted molar refractivity (Wildman–Crippen MR) is 114 cm³/mol. The molecular formula is C23H26O11. The number of ketones is 1. The van der Waals surface area contributed by atoms with E-state index in [0.29, 0.717) is 5.56 Å². The average molecular weight is 478 g/mol. The van der Waals surface area contributed by atoms with Crippen molar-refractivity contribution in [2.75, 3.05) is 20.8 Å². The Labute approximate surface area is 194 Å². The molecule has 1 fully saturated rings. The molecule has 6 atom stereocenters. The zero-order chi connectivity index (χ0) is 24.6. The zero-order valence-electron chi connectivity index (χ0n) is 18.5. The number of fused-ring (bicyclic) bond motifs is 1. The van der Waals surface area contributed by atoms with Gasteiger partial charge in [0, 0.05) is 11.6 Å². The molecule has 0 bridgehead atoms. The summed E-state index contributed by atoms with van der Waals surface area (Å²) in [5, 5.41) is 50.1. The van der Waals surface area contributed by atoms with Crippen LogP contribution in [0.25, 0.3) is 0 Å². The fraction of sp³-hybridized carbons (Fsp3) is 0.435. The van der Waals surface area contributed by atoms with Crippen molar-refractivity contribution >= 4 is 5.78 Å². The van der Waals surface area contributed by atoms with Crippen molar-refractivity contribution < 1.29 is 54.0 Å². The number of Topliss-reactive ketones (excluding diaryl/α,β-unsaturated/α-hetero) is 1. The third-order valence-electron chi connectivity index (χ3n) is 5.87. The fourth-order valence-electron chi connectivity index (χ4n) is 4.10. The van der Waals surface area contributed by atoms with Crippen LogP contribution in [0.4, 0.5) is 0 Å². The minimum Gasteiger partial charge on any atom is -0.507 e. The maximum Gasteiger partial charge on any atom is 0.229 e. The first-order valence-corrected chi connectivity index (χ1v) is 10.5. The van der Waals surface area contributed by atoms with Crippen LogP contribution in [-0.2, 0) is 4.74 Å². The summed E-state index contributed by atoms with van der Waals surface area (Å²) in [5.74, 6) is -0.185. The van der Waals surface area contributed by atoms with Gasteiger partial charge < -0.3 is 49.2 Å². The normalized spacial score (nSPS) is 28.6. The van der Waals surface area contributed by atoms with E-state index in [0.717, 1.165) is 0 Å². The van der Waals surface area contributed by atoms with Crippen LogP contribution in [0.5, 0.6) is 28.7 Å². The first-order chi connectivity index (χ1) is 16.3. The second-order valence-corrected chi connectivity index (χ2v) is 7.92. The molecule has 0 saturated carbocycles. The molecule has 0 amide bonds. The number of aromatic hydroxyl groups is 1. The molecule has 2 aromatic rings. The van der Waals surface area contributed by atoms with Crippen molar-refractivity contribution in [3.05, 3.63) is 41.5 Å². The van der Waals surface area contributed by atoms with Gasteiger partial charge in [0.2, 0.25) is 12.0 Å². The van der Waals surface area contributed by atoms with Crippen molar-refractivity contribution in [1.82, 2.24) is 0 Å². The van der Waals surface area contributed by atoms with Gasteiger partial charge in [0.25, 0.3) is 0 Å². The minimum atomic E-state index is -1.61. The van der Waals surface area contributed by atoms with Gasteiger partial charge in [-0.1, -0.05) is 18.2 Å². The van der Waals surface area contributed by atoms with Crippen LogP contribution in [0.2, 0.25) is 0 Å². The number of aliphatic hydroxyl groups excluding tert-OH is 4. The summed E-state index contributed by atoms with van der Waals surface area (Å²) in [6.07, 6.45) is -8.30. The Bertz CT molecular complexity index is 1050. The number of aliphatic hydroxyl groups is 4. The van der Waals surface area contributed by atoms with Gasteiger partial charge in [-0.15, -0.1) is 0 Å². The standard InChI is InChI=1S/C23H26O11/c1-30-15-8-12(26)17-11(25)7-14(32-22(17)21(15)31-2)10-5-3-4-6-13(10)33-23-20(29)19(28)18(27)16(9-24)34-23/h3-6,8,14,16,18-20,23-24,26-29H,7,9H2,1-2H3. The van der Waals surface area contributed by atoms with Gasteiger partial charge >= 0.3 is 0 Å². The Morgan fingerprint density at radius 2 is 1.76 bits per heavy atom. The molecule has 2 heterocycles. The second kappa shape index (κ2) is 9.65. The van der Waals surface area contributed by atoms with Crippen LogP contribution in [-0.4, -0.2) is 82.8 Å². The average Bonchev–Trinajstić information content (AvgIpc) is 2.84. The Morgan fingerprint density at radius 3 is 2.44 bits per heavy atom. The molecule has 0 aromatic heterocycles. The van der Waals surface area contributed by atoms with Crippen molar-refractivity contribution in [1.29, 1.82) is 0 Å². The van der Waals surface area contributed by atoms with Gasteiger partial charge in [-0.25, -0.2) is 0 Å². The summed E-state index contributed by atoms with van der Waals surface area (Å²) >= 11 is 0. The van der Waals surface area contributed by atoms with E-state index in [1.807, 2.05) is 0 Å². The van der Waals surface area contributed by atoms with Crippen LogP contribution in [0.3, 0.4) is 0 Å². The molecule has 0 aliphatic carbocycles. The Hall–Kier alpha value is -3.09. The quantitative estimate of drug-likeness (QED) is 0.388. The van der Waals surface area contributed by atoms with E-state index >= 15 is 0 Å². The van der Waals surface area contributed by atoms with E-state index in [1.54, 1.807) is 24.3 Å². The van der Waals surface area contributed by atoms with E-state index in [2.05, 4.69) is 0 Å². The lowest BCUT2D eigenvalue weighted by atomic mass is 9.94. The van der Waals surface area contributed by atoms with Crippen molar-refractivity contribution in [2.45, 2.75) is 43.2 Å². The van der Waals surface area contributed by atoms with E-state index in [4.69, 9.17) is 23.7 Å². The predicted octanol–water partition coefficient (Wildman–Crippen LogP) is 0.295. The summed E-state index contributed by atoms with van der Waals surface area (Å²) in [6.45, 7) is -0.603. The van der Waals surface area contributed by atoms with Gasteiger partial charge in [0.1, 0.15) is 47.6 Å². The first kappa shape index (κ1) is 24.0. The van der Waals surface area contributed by atoms with Crippen LogP contribution in [0.1, 0.15) is 28.4 Å². The number of para-hydroxylation sites is 1. The van der Waals surface area contributed by atoms with Gasteiger partial charge in [0.15, 0.2) is 17.3 Å². The van der Waals surface area contributed by atoms with Crippen molar-refractivity contribution in [3.8, 4) is 28.7 Å². The molecule has 0 spiro atoms. The number of phenolic OH excluding ortho intramolecular Hbond substituents is 1. The summed E-state index contributed by atoms with van der Waals surface area (Å²) in [6, 6.07) is 7.82. The van der Waals surface area contributed by atoms with Crippen molar-refractivity contribution in [3.63, 3.8) is 0 Å². The van der Waals surface area contributed by atoms with Crippen LogP contribution >= 0.6 is 0 Å². The fourth-order valence-corrected chi connectivity index (χ4v) is 4.10. The van der Waals surface area contributed by atoms with Gasteiger partial charge in [0.05, 0.1) is 27.2 Å². The summed E-state index contributed by atoms with van der Waals surface area (Å²) in [4.78, 5) is 12.9. The highest BCUT2D eigenvalue weighted by atomic mass is 16.7. The summed E-state index contributed by atoms with van der Waals surface area (Å²) in [7, 11) is 2.76. The van der Waals surface area contributed by atoms with E-state index in [1.165, 1.54) is 20.3 Å². The summed E-state index contributed by atoms with van der Waals surface area (Å²) < 4.78 is 27.9. The molecule has 6 unspecified atom stereocenters. The smallest absolute Gasteiger partial charge is 0.229 e. The maximum absolute atomic E-state index is 12.9. The number of hydrogen-bond donors (Lipinski definition) is 5. The molecule has 2 aromatic carbocycles. The number of hydrogen-bond acceptors (Lipinski definition) is 11. The van der Waals surface area contributed by atoms with Crippen LogP contribution < -0.4 is 18.9 Å². The molecule has 11 heteroatoms. The monoisotopic (exact) mass is 478 g/mol. The molecule has 1 saturated heterocycles. The molecule has 34 heavy (non-hydrogen) atoms. The van der Waals surface area contributed by atoms with Gasteiger partial charge in [-0.2, -0.15) is 0 Å². The molecule has 11 nitrogen and oxygen atoms in total. The Kier molecular flexibility index (Phi) is 6.82. The topological polar surface area (TPSA) is 164 Å². The molecular weight excluding hydrogens is 452 g/mol. The number of phenols is 1. The number of carbonyl (C=O) groups excluding carboxylic acids is 1. The molecule has 4 rings (SSSR count). The van der Waals surface area contributed by atoms with E-state index in [-0.39, 0.29) is 40.7 Å². The van der Waals surface area contributed by atoms with Crippen molar-refractivity contribution in [2.24, 2.45) is 0 Å². The van der Waals surface area contributed by atoms with Gasteiger partial charge in [-0.05, 0) is 6.07 Å². The number of methoxy groups -OCH3 is 2. The molecule has 0 radical (unpaired) electrons. The molecule has 184 valence electrons. The highest BCUT2D eigenvalue weighted by Gasteiger charge is 2.45. The van der Waals surface area contributed by atoms with E-state index < -0.39 is 49.2 Å². The molecule has 5 N–H and O–H groups in total. The minimum absolute atomic E-state index is 0.0169. The third-order valence-corrected chi connectivity index (χ3v) is 5.87. The number of ether oxygens (including phenoxy) is 5. The maximum atomic E-state index is 12.9. The SMILES string of the molecule is COc1cc(O)c2c(c1OC)OC(c1ccccc1OC1OC(CO)C(O)C(O)C1O)CC2=O. The Morgan fingerprint density at radius 1 is 1.03 bits per heavy atom. The Balaban J connectivity index is 1.67. The lowest BCUT2D eigenvalue weighted by molar-refractivity contribution is -0.277. The first-order valence-electron chi connectivity index (χ1n) is 10.5. The number of benzene rings is 2. The molecule has 2 aliphatic heterocycles. The number of rotatable bonds is 6. The number of carbonyl (C=O) groups is 1. The molecule has 2 aliphatic rings. The lowest BCUT2D eigenvalue weighted by Gasteiger charge is -2.40. The highest BCUT2D eigenvalue weighted by Crippen LogP contribution is 2.50. The third kappa shape index (κ3) is 4.12. The van der Waals surface area contributed by atoms with Gasteiger partial charge in [-0.3, -0.25) is 4.79 Å². The van der Waals surface area contributed by atoms with Crippen LogP contribution in [0.15, 0.2) is 30.3 Å². The second-order valence-electron chi connectivity index (χ2n) is 7.92. The van der Waals surface area contributed by atoms with E-state index in [9.17, 15) is 30.3 Å². The zero-order valence-corrected chi connectivity index (χ0v) is 18.5. The van der Waals surface area contributed by atoms with Crippen LogP contribution in [0, 0.1) is 0 Å². The summed E-state index contributed by atoms with van der Waals surface area (Å²) in [5.41, 5.74) is 0.393. The highest BCUT2D eigenvalue weighted by molar-refractivity contribution is 6.04. The lowest BCUT2D eigenvalue weighted by Crippen LogP contribution is -2.60. The largest absolute Gasteiger partial charge is 0.507 e.